The highest BCUT2D eigenvalue weighted by atomic mass is 79.9. The van der Waals surface area contributed by atoms with E-state index in [4.69, 9.17) is 0 Å². The van der Waals surface area contributed by atoms with Crippen LogP contribution >= 0.6 is 15.9 Å². The molecule has 1 fully saturated rings. The molecule has 0 N–H and O–H groups in total. The van der Waals surface area contributed by atoms with E-state index in [1.54, 1.807) is 11.1 Å². The molecular weight excluding hydrogens is 250 g/mol. The van der Waals surface area contributed by atoms with E-state index >= 15 is 0 Å². The quantitative estimate of drug-likeness (QED) is 0.697. The molecule has 1 spiro atoms. The summed E-state index contributed by atoms with van der Waals surface area (Å²) in [6.45, 7) is 2.51. The maximum absolute atomic E-state index is 3.56. The summed E-state index contributed by atoms with van der Waals surface area (Å²) in [7, 11) is 2.24. The normalized spacial score (nSPS) is 30.0. The maximum Gasteiger partial charge on any atom is 0.0178 e. The number of likely N-dealkylation sites (N-methyl/N-ethyl adjacent to an activating group) is 1. The van der Waals surface area contributed by atoms with E-state index in [0.717, 1.165) is 0 Å². The first-order chi connectivity index (χ1) is 7.20. The second-order valence-electron chi connectivity index (χ2n) is 5.07. The van der Waals surface area contributed by atoms with Gasteiger partial charge in [0.1, 0.15) is 0 Å². The molecule has 0 bridgehead atoms. The molecule has 80 valence electrons. The second-order valence-corrected chi connectivity index (χ2v) is 5.99. The van der Waals surface area contributed by atoms with Crippen molar-refractivity contribution in [3.05, 3.63) is 33.8 Å². The van der Waals surface area contributed by atoms with E-state index in [-0.39, 0.29) is 0 Å². The predicted molar refractivity (Wildman–Crippen MR) is 66.3 cm³/mol. The van der Waals surface area contributed by atoms with Gasteiger partial charge in [0, 0.05) is 16.4 Å². The van der Waals surface area contributed by atoms with E-state index in [1.807, 2.05) is 0 Å². The van der Waals surface area contributed by atoms with Crippen LogP contribution in [0.15, 0.2) is 22.7 Å². The highest BCUT2D eigenvalue weighted by molar-refractivity contribution is 9.10. The van der Waals surface area contributed by atoms with Crippen molar-refractivity contribution in [2.75, 3.05) is 20.1 Å². The zero-order chi connectivity index (χ0) is 10.5. The number of benzene rings is 1. The molecule has 0 amide bonds. The predicted octanol–water partition coefficient (Wildman–Crippen LogP) is 2.97. The summed E-state index contributed by atoms with van der Waals surface area (Å²) in [5.74, 6) is 0. The fourth-order valence-corrected chi connectivity index (χ4v) is 3.71. The number of halogens is 1. The smallest absolute Gasteiger partial charge is 0.0178 e. The summed E-state index contributed by atoms with van der Waals surface area (Å²) in [4.78, 5) is 2.47. The Hall–Kier alpha value is -0.340. The van der Waals surface area contributed by atoms with Gasteiger partial charge in [-0.25, -0.2) is 0 Å². The molecule has 1 aromatic rings. The van der Waals surface area contributed by atoms with E-state index in [1.165, 1.54) is 36.8 Å². The fourth-order valence-electron chi connectivity index (χ4n) is 3.30. The average Bonchev–Trinajstić information content (AvgIpc) is 2.73. The van der Waals surface area contributed by atoms with Crippen LogP contribution in [0.1, 0.15) is 24.0 Å². The Bertz CT molecular complexity index is 402. The average molecular weight is 266 g/mol. The molecule has 1 saturated heterocycles. The monoisotopic (exact) mass is 265 g/mol. The number of likely N-dealkylation sites (tertiary alicyclic amines) is 1. The molecule has 1 heterocycles. The Balaban J connectivity index is 2.04. The summed E-state index contributed by atoms with van der Waals surface area (Å²) in [6, 6.07) is 6.85. The zero-order valence-corrected chi connectivity index (χ0v) is 10.7. The Morgan fingerprint density at radius 2 is 2.20 bits per heavy atom. The summed E-state index contributed by atoms with van der Waals surface area (Å²) >= 11 is 3.56. The van der Waals surface area contributed by atoms with Crippen molar-refractivity contribution in [1.82, 2.24) is 4.90 Å². The van der Waals surface area contributed by atoms with Crippen LogP contribution in [-0.2, 0) is 11.8 Å². The largest absolute Gasteiger partial charge is 0.305 e. The molecule has 2 aliphatic rings. The van der Waals surface area contributed by atoms with Gasteiger partial charge >= 0.3 is 0 Å². The minimum absolute atomic E-state index is 0.491. The van der Waals surface area contributed by atoms with Crippen molar-refractivity contribution < 1.29 is 0 Å². The lowest BCUT2D eigenvalue weighted by molar-refractivity contribution is 0.366. The number of aryl methyl sites for hydroxylation is 1. The van der Waals surface area contributed by atoms with Gasteiger partial charge in [0.25, 0.3) is 0 Å². The van der Waals surface area contributed by atoms with Gasteiger partial charge in [-0.2, -0.15) is 0 Å². The van der Waals surface area contributed by atoms with E-state index in [0.29, 0.717) is 5.41 Å². The lowest BCUT2D eigenvalue weighted by atomic mass is 9.81. The van der Waals surface area contributed by atoms with Gasteiger partial charge in [-0.05, 0) is 56.1 Å². The van der Waals surface area contributed by atoms with Crippen LogP contribution in [0.3, 0.4) is 0 Å². The van der Waals surface area contributed by atoms with Crippen LogP contribution in [0.2, 0.25) is 0 Å². The highest BCUT2D eigenvalue weighted by Crippen LogP contribution is 2.45. The van der Waals surface area contributed by atoms with Crippen LogP contribution in [0.5, 0.6) is 0 Å². The number of fused-ring (bicyclic) bond motifs is 2. The van der Waals surface area contributed by atoms with Crippen molar-refractivity contribution in [2.45, 2.75) is 24.7 Å². The Morgan fingerprint density at radius 3 is 2.93 bits per heavy atom. The molecule has 0 aromatic heterocycles. The van der Waals surface area contributed by atoms with Gasteiger partial charge < -0.3 is 4.90 Å². The summed E-state index contributed by atoms with van der Waals surface area (Å²) in [6.07, 6.45) is 3.96. The van der Waals surface area contributed by atoms with Crippen molar-refractivity contribution >= 4 is 15.9 Å². The van der Waals surface area contributed by atoms with E-state index < -0.39 is 0 Å². The lowest BCUT2D eigenvalue weighted by Gasteiger charge is -2.24. The third-order valence-electron chi connectivity index (χ3n) is 4.06. The van der Waals surface area contributed by atoms with E-state index in [9.17, 15) is 0 Å². The van der Waals surface area contributed by atoms with E-state index in [2.05, 4.69) is 46.1 Å². The van der Waals surface area contributed by atoms with Gasteiger partial charge in [0.05, 0.1) is 0 Å². The topological polar surface area (TPSA) is 3.24 Å². The molecule has 0 saturated carbocycles. The fraction of sp³-hybridized carbons (Fsp3) is 0.538. The minimum atomic E-state index is 0.491. The first-order valence-corrected chi connectivity index (χ1v) is 6.46. The second kappa shape index (κ2) is 3.33. The van der Waals surface area contributed by atoms with Crippen molar-refractivity contribution in [2.24, 2.45) is 0 Å². The minimum Gasteiger partial charge on any atom is -0.305 e. The molecule has 1 nitrogen and oxygen atoms in total. The summed E-state index contributed by atoms with van der Waals surface area (Å²) < 4.78 is 1.23. The van der Waals surface area contributed by atoms with Crippen LogP contribution in [0.25, 0.3) is 0 Å². The highest BCUT2D eigenvalue weighted by Gasteiger charge is 2.42. The molecule has 1 aliphatic heterocycles. The maximum atomic E-state index is 3.56. The van der Waals surface area contributed by atoms with Gasteiger partial charge in [0.2, 0.25) is 0 Å². The van der Waals surface area contributed by atoms with Crippen molar-refractivity contribution in [3.63, 3.8) is 0 Å². The van der Waals surface area contributed by atoms with Gasteiger partial charge in [-0.1, -0.05) is 22.0 Å². The molecular formula is C13H16BrN. The van der Waals surface area contributed by atoms with Crippen LogP contribution in [0.4, 0.5) is 0 Å². The first-order valence-electron chi connectivity index (χ1n) is 5.67. The number of hydrogen-bond acceptors (Lipinski definition) is 1. The Labute approximate surface area is 99.6 Å². The molecule has 2 heteroatoms. The van der Waals surface area contributed by atoms with Crippen molar-refractivity contribution in [3.8, 4) is 0 Å². The number of nitrogens with zero attached hydrogens (tertiary/aromatic N) is 1. The molecule has 1 atom stereocenters. The first kappa shape index (κ1) is 9.86. The molecule has 0 radical (unpaired) electrons. The van der Waals surface area contributed by atoms with Crippen LogP contribution in [-0.4, -0.2) is 25.0 Å². The molecule has 3 rings (SSSR count). The molecule has 15 heavy (non-hydrogen) atoms. The van der Waals surface area contributed by atoms with Crippen molar-refractivity contribution in [1.29, 1.82) is 0 Å². The zero-order valence-electron chi connectivity index (χ0n) is 9.09. The third kappa shape index (κ3) is 1.46. The SMILES string of the molecule is CN1CC[C@@]2(CCc3cc(Br)ccc32)C1. The Morgan fingerprint density at radius 1 is 1.33 bits per heavy atom. The molecule has 0 unspecified atom stereocenters. The number of rotatable bonds is 0. The number of hydrogen-bond donors (Lipinski definition) is 0. The summed E-state index contributed by atoms with van der Waals surface area (Å²) in [5.41, 5.74) is 3.68. The van der Waals surface area contributed by atoms with Crippen LogP contribution in [0, 0.1) is 0 Å². The molecule has 1 aliphatic carbocycles. The standard InChI is InChI=1S/C13H16BrN/c1-15-7-6-13(9-15)5-4-10-8-11(14)2-3-12(10)13/h2-3,8H,4-7,9H2,1H3/t13-/m0/s1. The third-order valence-corrected chi connectivity index (χ3v) is 4.55. The summed E-state index contributed by atoms with van der Waals surface area (Å²) in [5, 5.41) is 0. The van der Waals surface area contributed by atoms with Gasteiger partial charge in [0.15, 0.2) is 0 Å². The van der Waals surface area contributed by atoms with Crippen LogP contribution < -0.4 is 0 Å². The Kier molecular flexibility index (Phi) is 2.18. The van der Waals surface area contributed by atoms with Gasteiger partial charge in [-0.3, -0.25) is 0 Å². The molecule has 1 aromatic carbocycles. The van der Waals surface area contributed by atoms with Gasteiger partial charge in [-0.15, -0.1) is 0 Å². The lowest BCUT2D eigenvalue weighted by Crippen LogP contribution is -2.26.